The molecule has 0 amide bonds. The molecule has 1 saturated carbocycles. The molecule has 1 aliphatic carbocycles. The number of aryl methyl sites for hydroxylation is 2. The van der Waals surface area contributed by atoms with Crippen molar-refractivity contribution in [1.29, 1.82) is 0 Å². The summed E-state index contributed by atoms with van der Waals surface area (Å²) in [5, 5.41) is 0. The SMILES string of the molecule is CCCC(C)C1(c2ccc(CCc3ccc(OC(F)(F)F)cc3)cc2)CCCCC1. The van der Waals surface area contributed by atoms with Gasteiger partial charge in [-0.2, -0.15) is 0 Å². The van der Waals surface area contributed by atoms with Gasteiger partial charge in [0.2, 0.25) is 0 Å². The van der Waals surface area contributed by atoms with Crippen LogP contribution in [0.5, 0.6) is 5.75 Å². The Bertz CT molecular complexity index is 771. The van der Waals surface area contributed by atoms with Crippen molar-refractivity contribution in [3.63, 3.8) is 0 Å². The highest BCUT2D eigenvalue weighted by Gasteiger charge is 2.38. The van der Waals surface area contributed by atoms with Crippen LogP contribution in [0.15, 0.2) is 48.5 Å². The van der Waals surface area contributed by atoms with Crippen LogP contribution in [0.2, 0.25) is 0 Å². The van der Waals surface area contributed by atoms with Gasteiger partial charge in [-0.1, -0.05) is 82.3 Å². The van der Waals surface area contributed by atoms with Crippen LogP contribution in [-0.2, 0) is 18.3 Å². The molecule has 164 valence electrons. The first-order valence-electron chi connectivity index (χ1n) is 11.3. The zero-order chi connectivity index (χ0) is 21.6. The molecule has 1 fully saturated rings. The molecule has 0 saturated heterocycles. The number of halogens is 3. The Morgan fingerprint density at radius 2 is 1.40 bits per heavy atom. The van der Waals surface area contributed by atoms with Gasteiger partial charge in [0.15, 0.2) is 0 Å². The van der Waals surface area contributed by atoms with E-state index in [4.69, 9.17) is 0 Å². The highest BCUT2D eigenvalue weighted by Crippen LogP contribution is 2.46. The molecule has 0 N–H and O–H groups in total. The second-order valence-electron chi connectivity index (χ2n) is 8.80. The average molecular weight is 419 g/mol. The summed E-state index contributed by atoms with van der Waals surface area (Å²) in [6, 6.07) is 15.3. The largest absolute Gasteiger partial charge is 0.573 e. The van der Waals surface area contributed by atoms with Gasteiger partial charge >= 0.3 is 6.36 Å². The molecule has 0 bridgehead atoms. The Labute approximate surface area is 178 Å². The fourth-order valence-electron chi connectivity index (χ4n) is 5.11. The maximum absolute atomic E-state index is 12.3. The number of ether oxygens (including phenoxy) is 1. The molecule has 4 heteroatoms. The molecule has 0 spiro atoms. The van der Waals surface area contributed by atoms with Crippen molar-refractivity contribution in [1.82, 2.24) is 0 Å². The van der Waals surface area contributed by atoms with Crippen LogP contribution < -0.4 is 4.74 Å². The zero-order valence-electron chi connectivity index (χ0n) is 18.1. The summed E-state index contributed by atoms with van der Waals surface area (Å²) < 4.78 is 40.8. The summed E-state index contributed by atoms with van der Waals surface area (Å²) in [6.07, 6.45) is 6.11. The number of rotatable bonds is 8. The van der Waals surface area contributed by atoms with Crippen molar-refractivity contribution >= 4 is 0 Å². The van der Waals surface area contributed by atoms with Crippen LogP contribution in [0.3, 0.4) is 0 Å². The molecule has 1 unspecified atom stereocenters. The molecular weight excluding hydrogens is 385 g/mol. The summed E-state index contributed by atoms with van der Waals surface area (Å²) in [6.45, 7) is 4.70. The van der Waals surface area contributed by atoms with E-state index in [-0.39, 0.29) is 5.75 Å². The van der Waals surface area contributed by atoms with Crippen molar-refractivity contribution in [3.05, 3.63) is 65.2 Å². The average Bonchev–Trinajstić information content (AvgIpc) is 2.73. The number of alkyl halides is 3. The predicted octanol–water partition coefficient (Wildman–Crippen LogP) is 8.01. The van der Waals surface area contributed by atoms with Gasteiger partial charge in [0, 0.05) is 0 Å². The van der Waals surface area contributed by atoms with E-state index in [9.17, 15) is 13.2 Å². The molecule has 0 radical (unpaired) electrons. The molecule has 1 nitrogen and oxygen atoms in total. The van der Waals surface area contributed by atoms with E-state index in [0.717, 1.165) is 18.4 Å². The van der Waals surface area contributed by atoms with Crippen molar-refractivity contribution in [3.8, 4) is 5.75 Å². The first-order chi connectivity index (χ1) is 14.3. The van der Waals surface area contributed by atoms with Crippen LogP contribution in [0, 0.1) is 5.92 Å². The Balaban J connectivity index is 1.63. The van der Waals surface area contributed by atoms with Crippen molar-refractivity contribution in [2.45, 2.75) is 83.4 Å². The maximum Gasteiger partial charge on any atom is 0.573 e. The van der Waals surface area contributed by atoms with Gasteiger partial charge in [-0.05, 0) is 65.8 Å². The highest BCUT2D eigenvalue weighted by molar-refractivity contribution is 5.32. The molecule has 30 heavy (non-hydrogen) atoms. The van der Waals surface area contributed by atoms with Gasteiger partial charge in [0.25, 0.3) is 0 Å². The third-order valence-corrected chi connectivity index (χ3v) is 6.80. The van der Waals surface area contributed by atoms with Gasteiger partial charge in [-0.25, -0.2) is 0 Å². The number of hydrogen-bond donors (Lipinski definition) is 0. The fourth-order valence-corrected chi connectivity index (χ4v) is 5.11. The number of benzene rings is 2. The zero-order valence-corrected chi connectivity index (χ0v) is 18.1. The summed E-state index contributed by atoms with van der Waals surface area (Å²) in [5.74, 6) is 0.528. The molecule has 3 rings (SSSR count). The van der Waals surface area contributed by atoms with E-state index in [1.54, 1.807) is 12.1 Å². The Kier molecular flexibility index (Phi) is 7.49. The lowest BCUT2D eigenvalue weighted by atomic mass is 9.61. The fraction of sp³-hybridized carbons (Fsp3) is 0.538. The second kappa shape index (κ2) is 9.89. The minimum absolute atomic E-state index is 0.172. The third kappa shape index (κ3) is 5.80. The van der Waals surface area contributed by atoms with E-state index in [1.807, 2.05) is 0 Å². The van der Waals surface area contributed by atoms with E-state index in [2.05, 4.69) is 42.8 Å². The molecule has 0 aliphatic heterocycles. The van der Waals surface area contributed by atoms with Gasteiger partial charge in [-0.15, -0.1) is 13.2 Å². The minimum atomic E-state index is -4.65. The second-order valence-corrected chi connectivity index (χ2v) is 8.80. The quantitative estimate of drug-likeness (QED) is 0.422. The molecule has 0 heterocycles. The predicted molar refractivity (Wildman–Crippen MR) is 116 cm³/mol. The minimum Gasteiger partial charge on any atom is -0.406 e. The van der Waals surface area contributed by atoms with Crippen molar-refractivity contribution in [2.75, 3.05) is 0 Å². The Hall–Kier alpha value is -1.97. The highest BCUT2D eigenvalue weighted by atomic mass is 19.4. The molecule has 2 aromatic rings. The van der Waals surface area contributed by atoms with Gasteiger partial charge < -0.3 is 4.74 Å². The summed E-state index contributed by atoms with van der Waals surface area (Å²) in [7, 11) is 0. The topological polar surface area (TPSA) is 9.23 Å². The van der Waals surface area contributed by atoms with E-state index in [0.29, 0.717) is 11.3 Å². The Morgan fingerprint density at radius 1 is 0.867 bits per heavy atom. The molecule has 0 aromatic heterocycles. The Morgan fingerprint density at radius 3 is 1.90 bits per heavy atom. The first kappa shape index (κ1) is 22.7. The van der Waals surface area contributed by atoms with Crippen LogP contribution in [0.25, 0.3) is 0 Å². The van der Waals surface area contributed by atoms with Gasteiger partial charge in [0.05, 0.1) is 0 Å². The lowest BCUT2D eigenvalue weighted by Crippen LogP contribution is -2.36. The molecular formula is C26H33F3O. The van der Waals surface area contributed by atoms with Crippen LogP contribution in [0.1, 0.15) is 75.5 Å². The molecule has 1 aliphatic rings. The standard InChI is InChI=1S/C26H33F3O/c1-3-7-20(2)25(18-5-4-6-19-25)23-14-10-21(11-15-23)8-9-22-12-16-24(17-13-22)30-26(27,28)29/h10-17,20H,3-9,18-19H2,1-2H3. The molecule has 1 atom stereocenters. The maximum atomic E-state index is 12.3. The van der Waals surface area contributed by atoms with Crippen molar-refractivity contribution in [2.24, 2.45) is 5.92 Å². The van der Waals surface area contributed by atoms with E-state index >= 15 is 0 Å². The summed E-state index contributed by atoms with van der Waals surface area (Å²) >= 11 is 0. The van der Waals surface area contributed by atoms with E-state index in [1.165, 1.54) is 68.2 Å². The van der Waals surface area contributed by atoms with Crippen molar-refractivity contribution < 1.29 is 17.9 Å². The lowest BCUT2D eigenvalue weighted by molar-refractivity contribution is -0.274. The van der Waals surface area contributed by atoms with Crippen LogP contribution >= 0.6 is 0 Å². The normalized spacial score (nSPS) is 17.5. The van der Waals surface area contributed by atoms with Crippen LogP contribution in [0.4, 0.5) is 13.2 Å². The van der Waals surface area contributed by atoms with Gasteiger partial charge in [0.1, 0.15) is 5.75 Å². The number of hydrogen-bond acceptors (Lipinski definition) is 1. The monoisotopic (exact) mass is 418 g/mol. The smallest absolute Gasteiger partial charge is 0.406 e. The van der Waals surface area contributed by atoms with Crippen LogP contribution in [-0.4, -0.2) is 6.36 Å². The summed E-state index contributed by atoms with van der Waals surface area (Å²) in [5.41, 5.74) is 4.08. The van der Waals surface area contributed by atoms with Gasteiger partial charge in [-0.3, -0.25) is 0 Å². The lowest BCUT2D eigenvalue weighted by Gasteiger charge is -2.43. The molecule has 2 aromatic carbocycles. The first-order valence-corrected chi connectivity index (χ1v) is 11.3. The summed E-state index contributed by atoms with van der Waals surface area (Å²) in [4.78, 5) is 0. The van der Waals surface area contributed by atoms with E-state index < -0.39 is 6.36 Å². The third-order valence-electron chi connectivity index (χ3n) is 6.80.